The predicted octanol–water partition coefficient (Wildman–Crippen LogP) is -1.49. The molecule has 7 nitrogen and oxygen atoms in total. The highest BCUT2D eigenvalue weighted by Gasteiger charge is 2.22. The third kappa shape index (κ3) is 8.08. The van der Waals surface area contributed by atoms with Crippen LogP contribution in [0.2, 0.25) is 0 Å². The summed E-state index contributed by atoms with van der Waals surface area (Å²) in [6, 6.07) is -0.625. The van der Waals surface area contributed by atoms with Crippen molar-refractivity contribution in [2.24, 2.45) is 11.7 Å². The minimum absolute atomic E-state index is 0.0129. The number of nitrogens with zero attached hydrogens (tertiary/aromatic N) is 1. The molecule has 2 amide bonds. The lowest BCUT2D eigenvalue weighted by Crippen LogP contribution is -2.50. The molecule has 0 aliphatic heterocycles. The second kappa shape index (κ2) is 8.18. The van der Waals surface area contributed by atoms with Crippen LogP contribution in [0.15, 0.2) is 0 Å². The van der Waals surface area contributed by atoms with E-state index in [4.69, 9.17) is 5.73 Å². The molecule has 0 fully saturated rings. The third-order valence-electron chi connectivity index (χ3n) is 2.77. The number of carbonyl (C=O) groups excluding carboxylic acids is 2. The van der Waals surface area contributed by atoms with Gasteiger partial charge in [-0.2, -0.15) is 0 Å². The topological polar surface area (TPSA) is 108 Å². The van der Waals surface area contributed by atoms with E-state index >= 15 is 0 Å². The van der Waals surface area contributed by atoms with Gasteiger partial charge in [0.1, 0.15) is 0 Å². The molecule has 2 atom stereocenters. The number of aliphatic hydroxyl groups is 1. The van der Waals surface area contributed by atoms with Crippen LogP contribution in [0.4, 0.5) is 0 Å². The van der Waals surface area contributed by atoms with Gasteiger partial charge in [0, 0.05) is 13.1 Å². The van der Waals surface area contributed by atoms with Crippen LogP contribution in [0.1, 0.15) is 20.8 Å². The maximum atomic E-state index is 11.6. The summed E-state index contributed by atoms with van der Waals surface area (Å²) in [4.78, 5) is 25.0. The zero-order valence-electron chi connectivity index (χ0n) is 13.1. The highest BCUT2D eigenvalue weighted by Crippen LogP contribution is 2.02. The van der Waals surface area contributed by atoms with Gasteiger partial charge in [-0.25, -0.2) is 0 Å². The smallest absolute Gasteiger partial charge is 0.239 e. The molecule has 0 heterocycles. The zero-order chi connectivity index (χ0) is 15.9. The molecule has 0 spiro atoms. The SMILES string of the molecule is CC(C)[C@H](N)C(=O)NCC(=O)NCC(C)(O)CN(C)C. The number of hydrogen-bond acceptors (Lipinski definition) is 5. The summed E-state index contributed by atoms with van der Waals surface area (Å²) in [7, 11) is 3.67. The van der Waals surface area contributed by atoms with E-state index in [0.29, 0.717) is 6.54 Å². The molecule has 0 aliphatic rings. The van der Waals surface area contributed by atoms with Gasteiger partial charge in [-0.1, -0.05) is 13.8 Å². The van der Waals surface area contributed by atoms with Crippen LogP contribution < -0.4 is 16.4 Å². The van der Waals surface area contributed by atoms with Gasteiger partial charge in [-0.05, 0) is 26.9 Å². The molecule has 0 saturated carbocycles. The van der Waals surface area contributed by atoms with Crippen molar-refractivity contribution < 1.29 is 14.7 Å². The fourth-order valence-electron chi connectivity index (χ4n) is 1.68. The van der Waals surface area contributed by atoms with Gasteiger partial charge in [0.2, 0.25) is 11.8 Å². The van der Waals surface area contributed by atoms with Crippen LogP contribution in [0, 0.1) is 5.92 Å². The van der Waals surface area contributed by atoms with Crippen LogP contribution >= 0.6 is 0 Å². The Bertz CT molecular complexity index is 330. The second-order valence-electron chi connectivity index (χ2n) is 6.00. The van der Waals surface area contributed by atoms with E-state index in [-0.39, 0.29) is 30.8 Å². The first-order chi connectivity index (χ1) is 9.05. The van der Waals surface area contributed by atoms with E-state index < -0.39 is 11.6 Å². The summed E-state index contributed by atoms with van der Waals surface area (Å²) in [5.41, 5.74) is 4.64. The molecule has 118 valence electrons. The molecule has 0 bridgehead atoms. The number of carbonyl (C=O) groups is 2. The molecular formula is C13H28N4O3. The molecular weight excluding hydrogens is 260 g/mol. The van der Waals surface area contributed by atoms with Crippen LogP contribution in [0.25, 0.3) is 0 Å². The van der Waals surface area contributed by atoms with Crippen molar-refractivity contribution in [3.8, 4) is 0 Å². The van der Waals surface area contributed by atoms with Crippen LogP contribution in [0.3, 0.4) is 0 Å². The zero-order valence-corrected chi connectivity index (χ0v) is 13.1. The van der Waals surface area contributed by atoms with Crippen molar-refractivity contribution in [1.29, 1.82) is 0 Å². The van der Waals surface area contributed by atoms with Crippen molar-refractivity contribution in [2.45, 2.75) is 32.4 Å². The number of nitrogens with one attached hydrogen (secondary N) is 2. The van der Waals surface area contributed by atoms with E-state index in [0.717, 1.165) is 0 Å². The lowest BCUT2D eigenvalue weighted by atomic mass is 10.1. The average molecular weight is 288 g/mol. The Balaban J connectivity index is 4.04. The Morgan fingerprint density at radius 2 is 1.85 bits per heavy atom. The number of nitrogens with two attached hydrogens (primary N) is 1. The number of rotatable bonds is 8. The van der Waals surface area contributed by atoms with E-state index in [1.807, 2.05) is 32.8 Å². The fraction of sp³-hybridized carbons (Fsp3) is 0.846. The maximum absolute atomic E-state index is 11.6. The monoisotopic (exact) mass is 288 g/mol. The van der Waals surface area contributed by atoms with Crippen molar-refractivity contribution in [3.05, 3.63) is 0 Å². The summed E-state index contributed by atoms with van der Waals surface area (Å²) in [6.45, 7) is 5.72. The summed E-state index contributed by atoms with van der Waals surface area (Å²) in [5, 5.41) is 15.1. The Morgan fingerprint density at radius 1 is 1.30 bits per heavy atom. The third-order valence-corrected chi connectivity index (χ3v) is 2.77. The van der Waals surface area contributed by atoms with E-state index in [9.17, 15) is 14.7 Å². The van der Waals surface area contributed by atoms with E-state index in [1.54, 1.807) is 6.92 Å². The fourth-order valence-corrected chi connectivity index (χ4v) is 1.68. The Kier molecular flexibility index (Phi) is 7.70. The largest absolute Gasteiger partial charge is 0.387 e. The van der Waals surface area contributed by atoms with Gasteiger partial charge >= 0.3 is 0 Å². The molecule has 0 aromatic rings. The van der Waals surface area contributed by atoms with Gasteiger partial charge < -0.3 is 26.4 Å². The highest BCUT2D eigenvalue weighted by molar-refractivity contribution is 5.87. The van der Waals surface area contributed by atoms with Gasteiger partial charge in [0.05, 0.1) is 18.2 Å². The first kappa shape index (κ1) is 18.8. The first-order valence-electron chi connectivity index (χ1n) is 6.72. The van der Waals surface area contributed by atoms with E-state index in [2.05, 4.69) is 10.6 Å². The molecule has 0 rings (SSSR count). The van der Waals surface area contributed by atoms with Crippen LogP contribution in [-0.2, 0) is 9.59 Å². The van der Waals surface area contributed by atoms with Crippen molar-refractivity contribution in [3.63, 3.8) is 0 Å². The van der Waals surface area contributed by atoms with E-state index in [1.165, 1.54) is 0 Å². The standard InChI is InChI=1S/C13H28N4O3/c1-9(2)11(14)12(19)15-6-10(18)16-7-13(3,20)8-17(4)5/h9,11,20H,6-8,14H2,1-5H3,(H,15,19)(H,16,18)/t11-,13?/m0/s1. The van der Waals surface area contributed by atoms with Gasteiger partial charge in [-0.15, -0.1) is 0 Å². The Hall–Kier alpha value is -1.18. The normalized spacial score (nSPS) is 15.8. The Morgan fingerprint density at radius 3 is 2.30 bits per heavy atom. The molecule has 0 aliphatic carbocycles. The molecule has 0 aromatic heterocycles. The lowest BCUT2D eigenvalue weighted by molar-refractivity contribution is -0.127. The lowest BCUT2D eigenvalue weighted by Gasteiger charge is -2.27. The van der Waals surface area contributed by atoms with Crippen molar-refractivity contribution in [2.75, 3.05) is 33.7 Å². The minimum atomic E-state index is -1.02. The quantitative estimate of drug-likeness (QED) is 0.435. The summed E-state index contributed by atoms with van der Waals surface area (Å²) < 4.78 is 0. The number of amides is 2. The van der Waals surface area contributed by atoms with Crippen molar-refractivity contribution in [1.82, 2.24) is 15.5 Å². The van der Waals surface area contributed by atoms with Gasteiger partial charge in [-0.3, -0.25) is 9.59 Å². The van der Waals surface area contributed by atoms with Crippen LogP contribution in [-0.4, -0.2) is 67.2 Å². The van der Waals surface area contributed by atoms with Gasteiger partial charge in [0.15, 0.2) is 0 Å². The Labute approximate surface area is 120 Å². The molecule has 20 heavy (non-hydrogen) atoms. The summed E-state index contributed by atoms with van der Waals surface area (Å²) in [5.74, 6) is -0.692. The molecule has 1 unspecified atom stereocenters. The van der Waals surface area contributed by atoms with Crippen LogP contribution in [0.5, 0.6) is 0 Å². The maximum Gasteiger partial charge on any atom is 0.239 e. The predicted molar refractivity (Wildman–Crippen MR) is 78.0 cm³/mol. The second-order valence-corrected chi connectivity index (χ2v) is 6.00. The number of hydrogen-bond donors (Lipinski definition) is 4. The average Bonchev–Trinajstić information content (AvgIpc) is 2.30. The molecule has 0 aromatic carbocycles. The molecule has 5 N–H and O–H groups in total. The minimum Gasteiger partial charge on any atom is -0.387 e. The molecule has 7 heteroatoms. The van der Waals surface area contributed by atoms with Gasteiger partial charge in [0.25, 0.3) is 0 Å². The summed E-state index contributed by atoms with van der Waals surface area (Å²) >= 11 is 0. The van der Waals surface area contributed by atoms with Crippen molar-refractivity contribution >= 4 is 11.8 Å². The summed E-state index contributed by atoms with van der Waals surface area (Å²) in [6.07, 6.45) is 0. The number of likely N-dealkylation sites (N-methyl/N-ethyl adjacent to an activating group) is 1. The first-order valence-corrected chi connectivity index (χ1v) is 6.72. The molecule has 0 saturated heterocycles. The highest BCUT2D eigenvalue weighted by atomic mass is 16.3. The molecule has 0 radical (unpaired) electrons.